The number of pyridine rings is 2. The molecule has 1 saturated heterocycles. The maximum atomic E-state index is 6.11. The van der Waals surface area contributed by atoms with Crippen LogP contribution in [0, 0.1) is 5.92 Å². The van der Waals surface area contributed by atoms with Crippen LogP contribution in [0.5, 0.6) is 0 Å². The second-order valence-electron chi connectivity index (χ2n) is 5.75. The van der Waals surface area contributed by atoms with Crippen LogP contribution >= 0.6 is 15.9 Å². The molecular weight excluding hydrogens is 342 g/mol. The molecule has 0 saturated carbocycles. The van der Waals surface area contributed by atoms with Crippen molar-refractivity contribution in [3.8, 4) is 0 Å². The minimum atomic E-state index is 0.399. The molecular formula is C16H20BrN5. The van der Waals surface area contributed by atoms with Crippen molar-refractivity contribution in [3.63, 3.8) is 0 Å². The van der Waals surface area contributed by atoms with E-state index in [4.69, 9.17) is 11.5 Å². The standard InChI is InChI=1S/C16H20BrN5/c17-13-10-21-16(19)14(18)15(13)22-6-3-11(4-7-22)8-12-2-1-5-20-9-12/h1-2,5,9-11H,3-4,6-8,18H2,(H2,19,21). The molecule has 4 N–H and O–H groups in total. The van der Waals surface area contributed by atoms with Crippen LogP contribution in [0.2, 0.25) is 0 Å². The Labute approximate surface area is 138 Å². The molecule has 0 amide bonds. The van der Waals surface area contributed by atoms with Crippen molar-refractivity contribution >= 4 is 33.1 Å². The van der Waals surface area contributed by atoms with Gasteiger partial charge in [0, 0.05) is 31.7 Å². The molecule has 0 aliphatic carbocycles. The number of nitrogen functional groups attached to an aromatic ring is 2. The summed E-state index contributed by atoms with van der Waals surface area (Å²) in [5.74, 6) is 1.09. The highest BCUT2D eigenvalue weighted by Gasteiger charge is 2.23. The normalized spacial score (nSPS) is 16.0. The number of aromatic nitrogens is 2. The van der Waals surface area contributed by atoms with Crippen molar-refractivity contribution in [2.75, 3.05) is 29.5 Å². The summed E-state index contributed by atoms with van der Waals surface area (Å²) in [6.07, 6.45) is 8.89. The van der Waals surface area contributed by atoms with Crippen LogP contribution in [0.3, 0.4) is 0 Å². The van der Waals surface area contributed by atoms with E-state index >= 15 is 0 Å². The van der Waals surface area contributed by atoms with Crippen LogP contribution < -0.4 is 16.4 Å². The van der Waals surface area contributed by atoms with Crippen molar-refractivity contribution in [1.29, 1.82) is 0 Å². The summed E-state index contributed by atoms with van der Waals surface area (Å²) in [5, 5.41) is 0. The third-order valence-corrected chi connectivity index (χ3v) is 4.83. The van der Waals surface area contributed by atoms with E-state index in [2.05, 4.69) is 36.9 Å². The van der Waals surface area contributed by atoms with Crippen molar-refractivity contribution < 1.29 is 0 Å². The summed E-state index contributed by atoms with van der Waals surface area (Å²) < 4.78 is 0.907. The predicted octanol–water partition coefficient (Wildman–Crippen LogP) is 2.86. The molecule has 0 spiro atoms. The van der Waals surface area contributed by atoms with Gasteiger partial charge in [0.2, 0.25) is 0 Å². The summed E-state index contributed by atoms with van der Waals surface area (Å²) in [6.45, 7) is 1.97. The zero-order chi connectivity index (χ0) is 15.5. The third-order valence-electron chi connectivity index (χ3n) is 4.25. The SMILES string of the molecule is Nc1ncc(Br)c(N2CCC(Cc3cccnc3)CC2)c1N. The van der Waals surface area contributed by atoms with Crippen LogP contribution in [0.4, 0.5) is 17.2 Å². The summed E-state index contributed by atoms with van der Waals surface area (Å²) in [4.78, 5) is 10.6. The Balaban J connectivity index is 1.66. The predicted molar refractivity (Wildman–Crippen MR) is 93.6 cm³/mol. The Hall–Kier alpha value is -1.82. The Morgan fingerprint density at radius 3 is 2.68 bits per heavy atom. The first-order chi connectivity index (χ1) is 10.6. The monoisotopic (exact) mass is 361 g/mol. The molecule has 1 aliphatic heterocycles. The van der Waals surface area contributed by atoms with Gasteiger partial charge in [0.1, 0.15) is 5.82 Å². The lowest BCUT2D eigenvalue weighted by molar-refractivity contribution is 0.403. The van der Waals surface area contributed by atoms with Crippen LogP contribution in [0.15, 0.2) is 35.2 Å². The van der Waals surface area contributed by atoms with Gasteiger partial charge in [-0.05, 0) is 52.7 Å². The number of piperidine rings is 1. The molecule has 2 aromatic heterocycles. The molecule has 0 atom stereocenters. The van der Waals surface area contributed by atoms with Gasteiger partial charge >= 0.3 is 0 Å². The minimum Gasteiger partial charge on any atom is -0.394 e. The molecule has 3 rings (SSSR count). The van der Waals surface area contributed by atoms with Crippen molar-refractivity contribution in [2.45, 2.75) is 19.3 Å². The van der Waals surface area contributed by atoms with E-state index < -0.39 is 0 Å². The number of halogens is 1. The summed E-state index contributed by atoms with van der Waals surface area (Å²) in [6, 6.07) is 4.15. The first-order valence-corrected chi connectivity index (χ1v) is 8.27. The van der Waals surface area contributed by atoms with Crippen LogP contribution in [-0.2, 0) is 6.42 Å². The summed E-state index contributed by atoms with van der Waals surface area (Å²) in [5.41, 5.74) is 14.8. The largest absolute Gasteiger partial charge is 0.394 e. The fourth-order valence-electron chi connectivity index (χ4n) is 3.04. The molecule has 1 fully saturated rings. The lowest BCUT2D eigenvalue weighted by Crippen LogP contribution is -2.35. The van der Waals surface area contributed by atoms with Gasteiger partial charge in [-0.1, -0.05) is 6.07 Å². The van der Waals surface area contributed by atoms with Crippen molar-refractivity contribution in [2.24, 2.45) is 5.92 Å². The van der Waals surface area contributed by atoms with Crippen LogP contribution in [0.25, 0.3) is 0 Å². The number of anilines is 3. The first kappa shape index (κ1) is 15.1. The molecule has 116 valence electrons. The van der Waals surface area contributed by atoms with Crippen molar-refractivity contribution in [3.05, 3.63) is 40.8 Å². The van der Waals surface area contributed by atoms with E-state index in [0.717, 1.165) is 42.5 Å². The van der Waals surface area contributed by atoms with Crippen LogP contribution in [-0.4, -0.2) is 23.1 Å². The minimum absolute atomic E-state index is 0.399. The number of rotatable bonds is 3. The molecule has 3 heterocycles. The zero-order valence-electron chi connectivity index (χ0n) is 12.4. The van der Waals surface area contributed by atoms with Gasteiger partial charge in [0.15, 0.2) is 0 Å². The van der Waals surface area contributed by atoms with Gasteiger partial charge < -0.3 is 16.4 Å². The highest BCUT2D eigenvalue weighted by atomic mass is 79.9. The highest BCUT2D eigenvalue weighted by molar-refractivity contribution is 9.10. The molecule has 2 aromatic rings. The van der Waals surface area contributed by atoms with E-state index in [1.54, 1.807) is 6.20 Å². The molecule has 0 unspecified atom stereocenters. The van der Waals surface area contributed by atoms with Gasteiger partial charge in [-0.25, -0.2) is 4.98 Å². The lowest BCUT2D eigenvalue weighted by atomic mass is 9.90. The van der Waals surface area contributed by atoms with Gasteiger partial charge in [0.05, 0.1) is 15.8 Å². The second kappa shape index (κ2) is 6.52. The fraction of sp³-hybridized carbons (Fsp3) is 0.375. The maximum absolute atomic E-state index is 6.11. The van der Waals surface area contributed by atoms with Gasteiger partial charge in [-0.2, -0.15) is 0 Å². The number of hydrogen-bond donors (Lipinski definition) is 2. The Bertz CT molecular complexity index is 638. The van der Waals surface area contributed by atoms with E-state index in [-0.39, 0.29) is 0 Å². The van der Waals surface area contributed by atoms with E-state index in [1.165, 1.54) is 5.56 Å². The van der Waals surface area contributed by atoms with Crippen molar-refractivity contribution in [1.82, 2.24) is 9.97 Å². The molecule has 5 nitrogen and oxygen atoms in total. The molecule has 0 aromatic carbocycles. The molecule has 22 heavy (non-hydrogen) atoms. The summed E-state index contributed by atoms with van der Waals surface area (Å²) >= 11 is 3.54. The number of hydrogen-bond acceptors (Lipinski definition) is 5. The smallest absolute Gasteiger partial charge is 0.148 e. The number of nitrogens with two attached hydrogens (primary N) is 2. The third kappa shape index (κ3) is 3.16. The fourth-order valence-corrected chi connectivity index (χ4v) is 3.61. The first-order valence-electron chi connectivity index (χ1n) is 7.48. The molecule has 6 heteroatoms. The van der Waals surface area contributed by atoms with E-state index in [9.17, 15) is 0 Å². The Morgan fingerprint density at radius 2 is 2.00 bits per heavy atom. The zero-order valence-corrected chi connectivity index (χ0v) is 14.0. The van der Waals surface area contributed by atoms with Gasteiger partial charge in [-0.3, -0.25) is 4.98 Å². The lowest BCUT2D eigenvalue weighted by Gasteiger charge is -2.35. The van der Waals surface area contributed by atoms with Gasteiger partial charge in [0.25, 0.3) is 0 Å². The Morgan fingerprint density at radius 1 is 1.23 bits per heavy atom. The average Bonchev–Trinajstić information content (AvgIpc) is 2.54. The van der Waals surface area contributed by atoms with Crippen LogP contribution in [0.1, 0.15) is 18.4 Å². The molecule has 0 bridgehead atoms. The highest BCUT2D eigenvalue weighted by Crippen LogP contribution is 2.37. The topological polar surface area (TPSA) is 81.1 Å². The average molecular weight is 362 g/mol. The quantitative estimate of drug-likeness (QED) is 0.878. The Kier molecular flexibility index (Phi) is 4.47. The van der Waals surface area contributed by atoms with E-state index in [0.29, 0.717) is 17.4 Å². The second-order valence-corrected chi connectivity index (χ2v) is 6.60. The molecule has 1 aliphatic rings. The molecule has 0 radical (unpaired) electrons. The number of nitrogens with zero attached hydrogens (tertiary/aromatic N) is 3. The summed E-state index contributed by atoms with van der Waals surface area (Å²) in [7, 11) is 0. The maximum Gasteiger partial charge on any atom is 0.148 e. The van der Waals surface area contributed by atoms with E-state index in [1.807, 2.05) is 18.5 Å². The van der Waals surface area contributed by atoms with Gasteiger partial charge in [-0.15, -0.1) is 0 Å².